The first-order chi connectivity index (χ1) is 5.78. The number of carbonyl (C=O) groups excluding carboxylic acids is 1. The highest BCUT2D eigenvalue weighted by Crippen LogP contribution is 2.10. The van der Waals surface area contributed by atoms with E-state index in [1.54, 1.807) is 25.8 Å². The first-order valence-corrected chi connectivity index (χ1v) is 5.57. The fourth-order valence-electron chi connectivity index (χ4n) is 1.07. The average Bonchev–Trinajstić information content (AvgIpc) is 1.98. The van der Waals surface area contributed by atoms with Crippen LogP contribution in [0.25, 0.3) is 0 Å². The van der Waals surface area contributed by atoms with E-state index in [1.807, 2.05) is 13.2 Å². The molecule has 0 aromatic heterocycles. The van der Waals surface area contributed by atoms with E-state index in [0.717, 1.165) is 0 Å². The summed E-state index contributed by atoms with van der Waals surface area (Å²) >= 11 is 1.51. The van der Waals surface area contributed by atoms with Gasteiger partial charge in [-0.3, -0.25) is 4.79 Å². The number of nitrogens with zero attached hydrogens (tertiary/aromatic N) is 1. The van der Waals surface area contributed by atoms with Crippen LogP contribution >= 0.6 is 11.8 Å². The van der Waals surface area contributed by atoms with Gasteiger partial charge < -0.3 is 10.0 Å². The highest BCUT2D eigenvalue weighted by Gasteiger charge is 2.22. The van der Waals surface area contributed by atoms with Crippen LogP contribution in [0.2, 0.25) is 0 Å². The molecule has 0 aliphatic carbocycles. The molecule has 0 saturated heterocycles. The number of amides is 1. The second-order valence-electron chi connectivity index (χ2n) is 3.88. The van der Waals surface area contributed by atoms with E-state index in [4.69, 9.17) is 0 Å². The van der Waals surface area contributed by atoms with Crippen LogP contribution in [-0.2, 0) is 4.79 Å². The molecule has 0 heterocycles. The molecule has 0 saturated carbocycles. The van der Waals surface area contributed by atoms with E-state index < -0.39 is 5.60 Å². The summed E-state index contributed by atoms with van der Waals surface area (Å²) in [6.45, 7) is 5.63. The molecule has 0 radical (unpaired) electrons. The fraction of sp³-hybridized carbons (Fsp3) is 0.889. The number of hydrogen-bond acceptors (Lipinski definition) is 3. The van der Waals surface area contributed by atoms with Crippen molar-refractivity contribution in [3.05, 3.63) is 0 Å². The molecule has 13 heavy (non-hydrogen) atoms. The van der Waals surface area contributed by atoms with Gasteiger partial charge in [0.25, 0.3) is 0 Å². The lowest BCUT2D eigenvalue weighted by atomic mass is 10.1. The predicted molar refractivity (Wildman–Crippen MR) is 56.9 cm³/mol. The molecular formula is C9H19NO2S. The SMILES string of the molecule is CSC(C)C(=O)N(C)CC(C)(C)O. The first kappa shape index (κ1) is 12.8. The molecule has 78 valence electrons. The van der Waals surface area contributed by atoms with E-state index in [0.29, 0.717) is 6.54 Å². The summed E-state index contributed by atoms with van der Waals surface area (Å²) in [5.41, 5.74) is -0.817. The molecule has 1 amide bonds. The zero-order valence-electron chi connectivity index (χ0n) is 9.00. The van der Waals surface area contributed by atoms with Crippen LogP contribution in [0.15, 0.2) is 0 Å². The second-order valence-corrected chi connectivity index (χ2v) is 5.06. The molecule has 0 spiro atoms. The minimum Gasteiger partial charge on any atom is -0.389 e. The topological polar surface area (TPSA) is 40.5 Å². The average molecular weight is 205 g/mol. The molecule has 0 rings (SSSR count). The van der Waals surface area contributed by atoms with Crippen molar-refractivity contribution in [3.8, 4) is 0 Å². The monoisotopic (exact) mass is 205 g/mol. The molecule has 0 aliphatic rings. The summed E-state index contributed by atoms with van der Waals surface area (Å²) in [5, 5.41) is 9.46. The fourth-order valence-corrected chi connectivity index (χ4v) is 1.45. The van der Waals surface area contributed by atoms with E-state index in [9.17, 15) is 9.90 Å². The Kier molecular flexibility index (Phi) is 4.78. The third-order valence-corrected chi connectivity index (χ3v) is 2.61. The van der Waals surface area contributed by atoms with Gasteiger partial charge in [0.15, 0.2) is 0 Å². The van der Waals surface area contributed by atoms with Crippen LogP contribution in [0, 0.1) is 0 Å². The number of aliphatic hydroxyl groups is 1. The number of likely N-dealkylation sites (N-methyl/N-ethyl adjacent to an activating group) is 1. The van der Waals surface area contributed by atoms with E-state index >= 15 is 0 Å². The minimum absolute atomic E-state index is 0.0349. The van der Waals surface area contributed by atoms with Crippen LogP contribution in [0.4, 0.5) is 0 Å². The van der Waals surface area contributed by atoms with Crippen molar-refractivity contribution in [1.29, 1.82) is 0 Å². The van der Waals surface area contributed by atoms with Gasteiger partial charge >= 0.3 is 0 Å². The van der Waals surface area contributed by atoms with E-state index in [2.05, 4.69) is 0 Å². The first-order valence-electron chi connectivity index (χ1n) is 4.28. The summed E-state index contributed by atoms with van der Waals surface area (Å²) in [6, 6.07) is 0. The molecule has 0 bridgehead atoms. The summed E-state index contributed by atoms with van der Waals surface area (Å²) < 4.78 is 0. The molecule has 0 aromatic carbocycles. The number of carbonyl (C=O) groups is 1. The van der Waals surface area contributed by atoms with Gasteiger partial charge in [0, 0.05) is 13.6 Å². The van der Waals surface area contributed by atoms with E-state index in [-0.39, 0.29) is 11.2 Å². The van der Waals surface area contributed by atoms with Crippen LogP contribution in [-0.4, -0.2) is 46.6 Å². The van der Waals surface area contributed by atoms with Gasteiger partial charge in [0.1, 0.15) is 0 Å². The zero-order chi connectivity index (χ0) is 10.6. The van der Waals surface area contributed by atoms with Gasteiger partial charge in [0.2, 0.25) is 5.91 Å². The van der Waals surface area contributed by atoms with E-state index in [1.165, 1.54) is 11.8 Å². The Morgan fingerprint density at radius 2 is 2.08 bits per heavy atom. The summed E-state index contributed by atoms with van der Waals surface area (Å²) in [5.74, 6) is 0.0645. The zero-order valence-corrected chi connectivity index (χ0v) is 9.81. The van der Waals surface area contributed by atoms with Crippen LogP contribution in [0.5, 0.6) is 0 Å². The normalized spacial score (nSPS) is 14.0. The quantitative estimate of drug-likeness (QED) is 0.743. The van der Waals surface area contributed by atoms with Crippen molar-refractivity contribution in [2.24, 2.45) is 0 Å². The molecule has 0 fully saturated rings. The van der Waals surface area contributed by atoms with Crippen molar-refractivity contribution < 1.29 is 9.90 Å². The Bertz CT molecular complexity index is 177. The molecule has 1 unspecified atom stereocenters. The minimum atomic E-state index is -0.817. The van der Waals surface area contributed by atoms with Gasteiger partial charge in [-0.1, -0.05) is 0 Å². The lowest BCUT2D eigenvalue weighted by molar-refractivity contribution is -0.131. The summed E-state index contributed by atoms with van der Waals surface area (Å²) in [6.07, 6.45) is 1.90. The Labute approximate surface area is 84.5 Å². The van der Waals surface area contributed by atoms with Gasteiger partial charge in [0.05, 0.1) is 10.9 Å². The molecule has 1 atom stereocenters. The van der Waals surface area contributed by atoms with Crippen LogP contribution < -0.4 is 0 Å². The number of rotatable bonds is 4. The Balaban J connectivity index is 4.12. The highest BCUT2D eigenvalue weighted by atomic mass is 32.2. The number of hydrogen-bond donors (Lipinski definition) is 1. The van der Waals surface area contributed by atoms with Gasteiger partial charge in [-0.25, -0.2) is 0 Å². The van der Waals surface area contributed by atoms with Gasteiger partial charge in [-0.05, 0) is 27.0 Å². The molecule has 1 N–H and O–H groups in total. The summed E-state index contributed by atoms with van der Waals surface area (Å²) in [4.78, 5) is 13.1. The molecule has 4 heteroatoms. The standard InChI is InChI=1S/C9H19NO2S/c1-7(13-5)8(11)10(4)6-9(2,3)12/h7,12H,6H2,1-5H3. The Hall–Kier alpha value is -0.220. The molecule has 0 aromatic rings. The highest BCUT2D eigenvalue weighted by molar-refractivity contribution is 7.99. The molecular weight excluding hydrogens is 186 g/mol. The maximum Gasteiger partial charge on any atom is 0.235 e. The van der Waals surface area contributed by atoms with Crippen molar-refractivity contribution in [2.45, 2.75) is 31.6 Å². The van der Waals surface area contributed by atoms with Gasteiger partial charge in [-0.2, -0.15) is 11.8 Å². The smallest absolute Gasteiger partial charge is 0.235 e. The van der Waals surface area contributed by atoms with Crippen LogP contribution in [0.3, 0.4) is 0 Å². The van der Waals surface area contributed by atoms with Crippen LogP contribution in [0.1, 0.15) is 20.8 Å². The lowest BCUT2D eigenvalue weighted by Gasteiger charge is -2.27. The third kappa shape index (κ3) is 5.16. The molecule has 0 aliphatic heterocycles. The summed E-state index contributed by atoms with van der Waals surface area (Å²) in [7, 11) is 1.72. The Morgan fingerprint density at radius 1 is 1.62 bits per heavy atom. The predicted octanol–water partition coefficient (Wildman–Crippen LogP) is 0.967. The number of thioether (sulfide) groups is 1. The van der Waals surface area contributed by atoms with Crippen molar-refractivity contribution in [3.63, 3.8) is 0 Å². The van der Waals surface area contributed by atoms with Crippen molar-refractivity contribution in [1.82, 2.24) is 4.90 Å². The lowest BCUT2D eigenvalue weighted by Crippen LogP contribution is -2.42. The second kappa shape index (κ2) is 4.86. The van der Waals surface area contributed by atoms with Crippen molar-refractivity contribution in [2.75, 3.05) is 19.8 Å². The molecule has 3 nitrogen and oxygen atoms in total. The largest absolute Gasteiger partial charge is 0.389 e. The maximum atomic E-state index is 11.5. The maximum absolute atomic E-state index is 11.5. The third-order valence-electron chi connectivity index (χ3n) is 1.70. The van der Waals surface area contributed by atoms with Crippen molar-refractivity contribution >= 4 is 17.7 Å². The van der Waals surface area contributed by atoms with Gasteiger partial charge in [-0.15, -0.1) is 0 Å². The Morgan fingerprint density at radius 3 is 2.38 bits per heavy atom.